The molecule has 0 aromatic heterocycles. The zero-order chi connectivity index (χ0) is 18.3. The van der Waals surface area contributed by atoms with E-state index in [1.165, 1.54) is 12.1 Å². The highest BCUT2D eigenvalue weighted by molar-refractivity contribution is 7.89. The minimum absolute atomic E-state index is 0.103. The molecule has 2 rings (SSSR count). The molecule has 9 heteroatoms. The van der Waals surface area contributed by atoms with Gasteiger partial charge in [-0.15, -0.1) is 0 Å². The molecule has 0 heterocycles. The molecule has 138 valence electrons. The van der Waals surface area contributed by atoms with Gasteiger partial charge in [0.25, 0.3) is 5.91 Å². The molecule has 0 radical (unpaired) electrons. The molecule has 0 unspecified atom stereocenters. The van der Waals surface area contributed by atoms with Gasteiger partial charge in [0, 0.05) is 6.04 Å². The van der Waals surface area contributed by atoms with Gasteiger partial charge in [-0.1, -0.05) is 25.3 Å². The first-order chi connectivity index (χ1) is 11.9. The zero-order valence-corrected chi connectivity index (χ0v) is 14.5. The molecule has 0 spiro atoms. The number of sulfonamides is 1. The summed E-state index contributed by atoms with van der Waals surface area (Å²) < 4.78 is 43.7. The zero-order valence-electron chi connectivity index (χ0n) is 13.7. The summed E-state index contributed by atoms with van der Waals surface area (Å²) in [6.07, 6.45) is 5.10. The predicted molar refractivity (Wildman–Crippen MR) is 87.6 cm³/mol. The highest BCUT2D eigenvalue weighted by atomic mass is 32.2. The van der Waals surface area contributed by atoms with Crippen LogP contribution in [-0.4, -0.2) is 39.5 Å². The number of halogens is 1. The third kappa shape index (κ3) is 6.43. The van der Waals surface area contributed by atoms with Crippen LogP contribution >= 0.6 is 0 Å². The summed E-state index contributed by atoms with van der Waals surface area (Å²) in [4.78, 5) is 23.0. The number of nitrogens with one attached hydrogen (secondary N) is 2. The molecule has 1 aromatic carbocycles. The molecular weight excluding hydrogens is 351 g/mol. The molecule has 0 bridgehead atoms. The highest BCUT2D eigenvalue weighted by Gasteiger charge is 2.19. The first-order valence-corrected chi connectivity index (χ1v) is 9.55. The van der Waals surface area contributed by atoms with Crippen LogP contribution in [0.2, 0.25) is 0 Å². The van der Waals surface area contributed by atoms with Crippen LogP contribution in [0.15, 0.2) is 29.2 Å². The lowest BCUT2D eigenvalue weighted by atomic mass is 9.95. The number of benzene rings is 1. The molecular formula is C16H21FN2O5S. The summed E-state index contributed by atoms with van der Waals surface area (Å²) in [5, 5.41) is 2.78. The van der Waals surface area contributed by atoms with E-state index in [4.69, 9.17) is 4.74 Å². The fraction of sp³-hybridized carbons (Fsp3) is 0.500. The molecule has 1 amide bonds. The van der Waals surface area contributed by atoms with E-state index in [1.807, 2.05) is 4.72 Å². The normalized spacial score (nSPS) is 15.6. The SMILES string of the molecule is O=C(COC(=O)CNS(=O)(=O)c1cccc(F)c1)NC1CCCCC1. The van der Waals surface area contributed by atoms with Crippen molar-refractivity contribution < 1.29 is 27.1 Å². The summed E-state index contributed by atoms with van der Waals surface area (Å²) in [5.74, 6) is -2.00. The Hall–Kier alpha value is -2.00. The second-order valence-electron chi connectivity index (χ2n) is 5.85. The largest absolute Gasteiger partial charge is 0.455 e. The van der Waals surface area contributed by atoms with Crippen molar-refractivity contribution in [2.45, 2.75) is 43.0 Å². The topological polar surface area (TPSA) is 102 Å². The summed E-state index contributed by atoms with van der Waals surface area (Å²) >= 11 is 0. The number of carbonyl (C=O) groups excluding carboxylic acids is 2. The minimum atomic E-state index is -4.03. The first kappa shape index (κ1) is 19.3. The second-order valence-corrected chi connectivity index (χ2v) is 7.61. The molecule has 2 N–H and O–H groups in total. The summed E-state index contributed by atoms with van der Waals surface area (Å²) in [5.41, 5.74) is 0. The maximum atomic E-state index is 13.1. The lowest BCUT2D eigenvalue weighted by Gasteiger charge is -2.22. The Bertz CT molecular complexity index is 717. The average Bonchev–Trinajstić information content (AvgIpc) is 2.59. The second kappa shape index (κ2) is 8.91. The molecule has 1 saturated carbocycles. The Kier molecular flexibility index (Phi) is 6.89. The average molecular weight is 372 g/mol. The number of hydrogen-bond acceptors (Lipinski definition) is 5. The molecule has 1 fully saturated rings. The number of hydrogen-bond donors (Lipinski definition) is 2. The monoisotopic (exact) mass is 372 g/mol. The van der Waals surface area contributed by atoms with Gasteiger partial charge in [0.2, 0.25) is 10.0 Å². The molecule has 25 heavy (non-hydrogen) atoms. The molecule has 0 aliphatic heterocycles. The molecule has 1 aliphatic carbocycles. The smallest absolute Gasteiger partial charge is 0.321 e. The van der Waals surface area contributed by atoms with E-state index >= 15 is 0 Å². The van der Waals surface area contributed by atoms with E-state index in [2.05, 4.69) is 5.32 Å². The van der Waals surface area contributed by atoms with Gasteiger partial charge in [0.1, 0.15) is 12.4 Å². The van der Waals surface area contributed by atoms with Crippen LogP contribution in [0.4, 0.5) is 4.39 Å². The van der Waals surface area contributed by atoms with Gasteiger partial charge in [-0.3, -0.25) is 9.59 Å². The van der Waals surface area contributed by atoms with Gasteiger partial charge in [0.05, 0.1) is 4.90 Å². The fourth-order valence-corrected chi connectivity index (χ4v) is 3.58. The Balaban J connectivity index is 1.73. The van der Waals surface area contributed by atoms with Crippen molar-refractivity contribution in [3.05, 3.63) is 30.1 Å². The molecule has 1 aromatic rings. The third-order valence-corrected chi connectivity index (χ3v) is 5.25. The molecule has 0 saturated heterocycles. The number of carbonyl (C=O) groups is 2. The molecule has 0 atom stereocenters. The van der Waals surface area contributed by atoms with Crippen LogP contribution in [0.1, 0.15) is 32.1 Å². The third-order valence-electron chi connectivity index (χ3n) is 3.85. The van der Waals surface area contributed by atoms with Crippen LogP contribution < -0.4 is 10.0 Å². The minimum Gasteiger partial charge on any atom is -0.455 e. The maximum Gasteiger partial charge on any atom is 0.321 e. The van der Waals surface area contributed by atoms with Gasteiger partial charge >= 0.3 is 5.97 Å². The van der Waals surface area contributed by atoms with Crippen LogP contribution in [0.5, 0.6) is 0 Å². The number of rotatable bonds is 7. The highest BCUT2D eigenvalue weighted by Crippen LogP contribution is 2.17. The van der Waals surface area contributed by atoms with Crippen LogP contribution in [-0.2, 0) is 24.3 Å². The van der Waals surface area contributed by atoms with E-state index in [1.54, 1.807) is 0 Å². The van der Waals surface area contributed by atoms with E-state index in [0.29, 0.717) is 0 Å². The van der Waals surface area contributed by atoms with Crippen LogP contribution in [0.3, 0.4) is 0 Å². The summed E-state index contributed by atoms with van der Waals surface area (Å²) in [6, 6.07) is 4.50. The summed E-state index contributed by atoms with van der Waals surface area (Å²) in [6.45, 7) is -1.10. The lowest BCUT2D eigenvalue weighted by Crippen LogP contribution is -2.39. The van der Waals surface area contributed by atoms with E-state index in [-0.39, 0.29) is 10.9 Å². The van der Waals surface area contributed by atoms with Gasteiger partial charge in [-0.25, -0.2) is 12.8 Å². The van der Waals surface area contributed by atoms with Gasteiger partial charge in [0.15, 0.2) is 6.61 Å². The molecule has 1 aliphatic rings. The van der Waals surface area contributed by atoms with E-state index in [9.17, 15) is 22.4 Å². The van der Waals surface area contributed by atoms with Crippen LogP contribution in [0, 0.1) is 5.82 Å². The van der Waals surface area contributed by atoms with Crippen molar-refractivity contribution in [2.24, 2.45) is 0 Å². The first-order valence-electron chi connectivity index (χ1n) is 8.07. The van der Waals surface area contributed by atoms with Crippen molar-refractivity contribution in [2.75, 3.05) is 13.2 Å². The van der Waals surface area contributed by atoms with Crippen molar-refractivity contribution in [1.82, 2.24) is 10.0 Å². The van der Waals surface area contributed by atoms with Crippen LogP contribution in [0.25, 0.3) is 0 Å². The predicted octanol–water partition coefficient (Wildman–Crippen LogP) is 1.10. The summed E-state index contributed by atoms with van der Waals surface area (Å²) in [7, 11) is -4.03. The Morgan fingerprint density at radius 3 is 2.60 bits per heavy atom. The Morgan fingerprint density at radius 1 is 1.20 bits per heavy atom. The van der Waals surface area contributed by atoms with Gasteiger partial charge < -0.3 is 10.1 Å². The van der Waals surface area contributed by atoms with Crippen molar-refractivity contribution in [3.8, 4) is 0 Å². The van der Waals surface area contributed by atoms with Gasteiger partial charge in [-0.05, 0) is 31.0 Å². The Labute approximate surface area is 146 Å². The maximum absolute atomic E-state index is 13.1. The Morgan fingerprint density at radius 2 is 1.92 bits per heavy atom. The van der Waals surface area contributed by atoms with E-state index < -0.39 is 40.9 Å². The fourth-order valence-electron chi connectivity index (χ4n) is 2.58. The van der Waals surface area contributed by atoms with Crippen molar-refractivity contribution in [3.63, 3.8) is 0 Å². The number of esters is 1. The van der Waals surface area contributed by atoms with Gasteiger partial charge in [-0.2, -0.15) is 4.72 Å². The van der Waals surface area contributed by atoms with Crippen molar-refractivity contribution >= 4 is 21.9 Å². The van der Waals surface area contributed by atoms with E-state index in [0.717, 1.165) is 44.2 Å². The quantitative estimate of drug-likeness (QED) is 0.698. The lowest BCUT2D eigenvalue weighted by molar-refractivity contribution is -0.147. The number of amides is 1. The molecule has 7 nitrogen and oxygen atoms in total. The number of ether oxygens (including phenoxy) is 1. The standard InChI is InChI=1S/C16H21FN2O5S/c17-12-5-4-8-14(9-12)25(22,23)18-10-16(21)24-11-15(20)19-13-6-2-1-3-7-13/h4-5,8-9,13,18H,1-3,6-7,10-11H2,(H,19,20). The van der Waals surface area contributed by atoms with Crippen molar-refractivity contribution in [1.29, 1.82) is 0 Å².